The molecule has 0 fully saturated rings. The summed E-state index contributed by atoms with van der Waals surface area (Å²) in [6.07, 6.45) is 13.1. The van der Waals surface area contributed by atoms with Gasteiger partial charge >= 0.3 is 111 Å². The van der Waals surface area contributed by atoms with Crippen molar-refractivity contribution in [2.75, 3.05) is 24.6 Å². The molecule has 0 aliphatic rings. The summed E-state index contributed by atoms with van der Waals surface area (Å²) in [4.78, 5) is 0. The molecule has 0 N–H and O–H groups in total. The van der Waals surface area contributed by atoms with Gasteiger partial charge in [-0.1, -0.05) is 0 Å². The van der Waals surface area contributed by atoms with Crippen LogP contribution in [0.2, 0.25) is 0 Å². The molecule has 0 aromatic rings. The first-order valence-electron chi connectivity index (χ1n) is 6.76. The van der Waals surface area contributed by atoms with Crippen LogP contribution in [0.1, 0.15) is 59.8 Å². The maximum absolute atomic E-state index is 2.89. The minimum atomic E-state index is -1.28. The summed E-state index contributed by atoms with van der Waals surface area (Å²) in [5.74, 6) is 0. The van der Waals surface area contributed by atoms with Gasteiger partial charge < -0.3 is 0 Å². The SMILES string of the molecule is CCCCCCCP(I)(CC)(CC)CC. The molecule has 0 rings (SSSR count). The summed E-state index contributed by atoms with van der Waals surface area (Å²) in [5, 5.41) is 0. The number of hydrogen-bond donors (Lipinski definition) is 0. The monoisotopic (exact) mass is 344 g/mol. The molecule has 0 atom stereocenters. The van der Waals surface area contributed by atoms with Gasteiger partial charge in [0.05, 0.1) is 0 Å². The molecule has 0 saturated heterocycles. The molecule has 0 aromatic carbocycles. The average Bonchev–Trinajstić information content (AvgIpc) is 2.29. The molecular weight excluding hydrogens is 314 g/mol. The molecule has 0 aliphatic heterocycles. The molecule has 0 bridgehead atoms. The summed E-state index contributed by atoms with van der Waals surface area (Å²) in [7, 11) is 0. The van der Waals surface area contributed by atoms with E-state index in [0.717, 1.165) is 0 Å². The van der Waals surface area contributed by atoms with E-state index in [4.69, 9.17) is 0 Å². The molecule has 0 unspecified atom stereocenters. The van der Waals surface area contributed by atoms with Crippen molar-refractivity contribution in [1.29, 1.82) is 0 Å². The molecule has 0 nitrogen and oxygen atoms in total. The Morgan fingerprint density at radius 1 is 0.733 bits per heavy atom. The summed E-state index contributed by atoms with van der Waals surface area (Å²) in [6.45, 7) is 9.55. The van der Waals surface area contributed by atoms with E-state index in [2.05, 4.69) is 49.7 Å². The Labute approximate surface area is 110 Å². The third-order valence-corrected chi connectivity index (χ3v) is 18.0. The predicted octanol–water partition coefficient (Wildman–Crippen LogP) is 5.92. The van der Waals surface area contributed by atoms with E-state index in [9.17, 15) is 0 Å². The van der Waals surface area contributed by atoms with Gasteiger partial charge in [0, 0.05) is 0 Å². The fraction of sp³-hybridized carbons (Fsp3) is 1.00. The molecule has 0 amide bonds. The number of halogens is 1. The number of unbranched alkanes of at least 4 members (excludes halogenated alkanes) is 4. The van der Waals surface area contributed by atoms with E-state index >= 15 is 0 Å². The van der Waals surface area contributed by atoms with Gasteiger partial charge in [0.1, 0.15) is 0 Å². The van der Waals surface area contributed by atoms with E-state index < -0.39 is 4.25 Å². The standard InChI is InChI=1S/C13H30IP/c1-5-9-10-11-12-13-15(14,6-2,7-3)8-4/h5-13H2,1-4H3. The van der Waals surface area contributed by atoms with Gasteiger partial charge in [0.25, 0.3) is 0 Å². The Morgan fingerprint density at radius 2 is 1.20 bits per heavy atom. The normalized spacial score (nSPS) is 14.9. The molecule has 0 aliphatic carbocycles. The van der Waals surface area contributed by atoms with Crippen molar-refractivity contribution in [3.8, 4) is 0 Å². The third kappa shape index (κ3) is 5.35. The van der Waals surface area contributed by atoms with Crippen molar-refractivity contribution in [1.82, 2.24) is 0 Å². The van der Waals surface area contributed by atoms with Crippen LogP contribution in [-0.2, 0) is 0 Å². The predicted molar refractivity (Wildman–Crippen MR) is 86.2 cm³/mol. The molecule has 0 aromatic heterocycles. The maximum atomic E-state index is 2.89. The van der Waals surface area contributed by atoms with Gasteiger partial charge in [0.2, 0.25) is 0 Å². The van der Waals surface area contributed by atoms with Crippen LogP contribution in [0.5, 0.6) is 0 Å². The molecule has 0 saturated carbocycles. The zero-order valence-electron chi connectivity index (χ0n) is 11.2. The van der Waals surface area contributed by atoms with Crippen LogP contribution in [0.25, 0.3) is 0 Å². The summed E-state index contributed by atoms with van der Waals surface area (Å²) in [6, 6.07) is 0. The van der Waals surface area contributed by atoms with E-state index in [-0.39, 0.29) is 0 Å². The van der Waals surface area contributed by atoms with E-state index in [0.29, 0.717) is 0 Å². The van der Waals surface area contributed by atoms with Crippen LogP contribution >= 0.6 is 26.3 Å². The van der Waals surface area contributed by atoms with Gasteiger partial charge in [-0.3, -0.25) is 0 Å². The van der Waals surface area contributed by atoms with Crippen molar-refractivity contribution in [3.05, 3.63) is 0 Å². The van der Waals surface area contributed by atoms with Gasteiger partial charge in [-0.05, 0) is 0 Å². The quantitative estimate of drug-likeness (QED) is 0.277. The Kier molecular flexibility index (Phi) is 8.06. The zero-order chi connectivity index (χ0) is 11.8. The molecule has 0 radical (unpaired) electrons. The third-order valence-electron chi connectivity index (χ3n) is 4.19. The van der Waals surface area contributed by atoms with Crippen LogP contribution in [0.4, 0.5) is 0 Å². The fourth-order valence-corrected chi connectivity index (χ4v) is 6.58. The van der Waals surface area contributed by atoms with E-state index in [1.807, 2.05) is 0 Å². The molecule has 0 spiro atoms. The van der Waals surface area contributed by atoms with Gasteiger partial charge in [0.15, 0.2) is 0 Å². The van der Waals surface area contributed by atoms with Crippen molar-refractivity contribution in [3.63, 3.8) is 0 Å². The average molecular weight is 344 g/mol. The van der Waals surface area contributed by atoms with Crippen LogP contribution in [-0.4, -0.2) is 24.6 Å². The van der Waals surface area contributed by atoms with Gasteiger partial charge in [-0.25, -0.2) is 0 Å². The second kappa shape index (κ2) is 7.48. The van der Waals surface area contributed by atoms with Gasteiger partial charge in [-0.15, -0.1) is 0 Å². The molecule has 15 heavy (non-hydrogen) atoms. The Bertz CT molecular complexity index is 153. The Hall–Kier alpha value is 1.16. The minimum absolute atomic E-state index is 1.28. The molecular formula is C13H30IP. The number of hydrogen-bond acceptors (Lipinski definition) is 0. The summed E-state index contributed by atoms with van der Waals surface area (Å²) >= 11 is 2.89. The second-order valence-corrected chi connectivity index (χ2v) is 19.1. The summed E-state index contributed by atoms with van der Waals surface area (Å²) in [5.41, 5.74) is 0. The second-order valence-electron chi connectivity index (χ2n) is 4.91. The first-order valence-corrected chi connectivity index (χ1v) is 12.5. The van der Waals surface area contributed by atoms with Crippen LogP contribution in [0.15, 0.2) is 0 Å². The zero-order valence-corrected chi connectivity index (χ0v) is 14.2. The van der Waals surface area contributed by atoms with Crippen LogP contribution < -0.4 is 0 Å². The molecule has 94 valence electrons. The van der Waals surface area contributed by atoms with E-state index in [1.54, 1.807) is 6.16 Å². The van der Waals surface area contributed by atoms with Crippen molar-refractivity contribution in [2.24, 2.45) is 0 Å². The van der Waals surface area contributed by atoms with Crippen LogP contribution in [0.3, 0.4) is 0 Å². The Balaban J connectivity index is 3.98. The van der Waals surface area contributed by atoms with Crippen molar-refractivity contribution >= 4 is 26.3 Å². The molecule has 0 heterocycles. The van der Waals surface area contributed by atoms with Crippen molar-refractivity contribution < 1.29 is 0 Å². The summed E-state index contributed by atoms with van der Waals surface area (Å²) < 4.78 is -1.28. The van der Waals surface area contributed by atoms with Crippen molar-refractivity contribution in [2.45, 2.75) is 59.8 Å². The Morgan fingerprint density at radius 3 is 1.60 bits per heavy atom. The van der Waals surface area contributed by atoms with Gasteiger partial charge in [-0.2, -0.15) is 0 Å². The number of rotatable bonds is 9. The fourth-order valence-electron chi connectivity index (χ4n) is 2.26. The molecule has 2 heteroatoms. The van der Waals surface area contributed by atoms with Crippen LogP contribution in [0, 0.1) is 0 Å². The first-order chi connectivity index (χ1) is 7.04. The first kappa shape index (κ1) is 16.2. The van der Waals surface area contributed by atoms with E-state index in [1.165, 1.54) is 50.6 Å². The topological polar surface area (TPSA) is 0 Å².